The molecule has 3 N–H and O–H groups in total. The number of anilines is 1. The van der Waals surface area contributed by atoms with Crippen LogP contribution in [0.3, 0.4) is 0 Å². The quantitative estimate of drug-likeness (QED) is 0.467. The Balaban J connectivity index is 1.59. The molecule has 29 heavy (non-hydrogen) atoms. The predicted molar refractivity (Wildman–Crippen MR) is 116 cm³/mol. The van der Waals surface area contributed by atoms with E-state index in [2.05, 4.69) is 21.8 Å². The number of nitrogens with two attached hydrogens (primary N) is 1. The van der Waals surface area contributed by atoms with Crippen molar-refractivity contribution in [3.05, 3.63) is 34.8 Å². The van der Waals surface area contributed by atoms with E-state index in [1.807, 2.05) is 25.1 Å². The third-order valence-corrected chi connectivity index (χ3v) is 6.45. The molecule has 3 aromatic heterocycles. The van der Waals surface area contributed by atoms with Gasteiger partial charge in [-0.3, -0.25) is 0 Å². The van der Waals surface area contributed by atoms with Gasteiger partial charge in [-0.2, -0.15) is 0 Å². The van der Waals surface area contributed by atoms with Crippen LogP contribution in [0, 0.1) is 6.92 Å². The third-order valence-electron chi connectivity index (χ3n) is 5.18. The Morgan fingerprint density at radius 3 is 2.97 bits per heavy atom. The zero-order valence-corrected chi connectivity index (χ0v) is 17.8. The zero-order chi connectivity index (χ0) is 20.1. The maximum absolute atomic E-state index is 6.66. The number of hydrogen-bond acceptors (Lipinski definition) is 7. The van der Waals surface area contributed by atoms with Crippen LogP contribution in [0.1, 0.15) is 24.9 Å². The fourth-order valence-electron chi connectivity index (χ4n) is 3.76. The van der Waals surface area contributed by atoms with Crippen molar-refractivity contribution in [1.82, 2.24) is 19.9 Å². The monoisotopic (exact) mass is 428 g/mol. The maximum atomic E-state index is 6.66. The second kappa shape index (κ2) is 7.19. The highest BCUT2D eigenvalue weighted by atomic mass is 35.5. The number of rotatable bonds is 4. The second-order valence-corrected chi connectivity index (χ2v) is 8.70. The van der Waals surface area contributed by atoms with Gasteiger partial charge < -0.3 is 20.0 Å². The number of nitrogens with one attached hydrogen (secondary N) is 1. The van der Waals surface area contributed by atoms with Gasteiger partial charge in [-0.1, -0.05) is 18.5 Å². The smallest absolute Gasteiger partial charge is 0.196 e. The van der Waals surface area contributed by atoms with E-state index in [-0.39, 0.29) is 6.04 Å². The molecule has 1 aliphatic heterocycles. The molecule has 150 valence electrons. The molecule has 1 fully saturated rings. The summed E-state index contributed by atoms with van der Waals surface area (Å²) in [5.41, 5.74) is 9.49. The van der Waals surface area contributed by atoms with Gasteiger partial charge in [0.05, 0.1) is 10.4 Å². The molecule has 4 aromatic rings. The van der Waals surface area contributed by atoms with Crippen molar-refractivity contribution in [3.63, 3.8) is 0 Å². The maximum Gasteiger partial charge on any atom is 0.196 e. The van der Waals surface area contributed by atoms with Gasteiger partial charge in [0.1, 0.15) is 17.0 Å². The number of oxazole rings is 1. The highest BCUT2D eigenvalue weighted by Crippen LogP contribution is 2.38. The molecule has 1 aromatic carbocycles. The molecule has 0 saturated carbocycles. The number of halogens is 1. The van der Waals surface area contributed by atoms with Crippen molar-refractivity contribution in [2.24, 2.45) is 5.73 Å². The van der Waals surface area contributed by atoms with Gasteiger partial charge >= 0.3 is 0 Å². The first-order chi connectivity index (χ1) is 14.0. The first-order valence-electron chi connectivity index (χ1n) is 9.65. The van der Waals surface area contributed by atoms with Gasteiger partial charge in [0.15, 0.2) is 16.6 Å². The van der Waals surface area contributed by atoms with Crippen molar-refractivity contribution >= 4 is 51.3 Å². The van der Waals surface area contributed by atoms with Crippen molar-refractivity contribution < 1.29 is 4.42 Å². The van der Waals surface area contributed by atoms with Crippen molar-refractivity contribution in [2.75, 3.05) is 18.0 Å². The fraction of sp³-hybridized carbons (Fsp3) is 0.350. The fourth-order valence-corrected chi connectivity index (χ4v) is 4.90. The number of aryl methyl sites for hydroxylation is 2. The Morgan fingerprint density at radius 2 is 2.21 bits per heavy atom. The minimum absolute atomic E-state index is 0.150. The molecule has 5 rings (SSSR count). The normalized spacial score (nSPS) is 17.1. The Labute approximate surface area is 177 Å². The standard InChI is InChI=1S/C20H21ClN6OS/c1-3-13-17(21)16-18(24-13)25-20(26-19(16)27-7-6-11(22)9-27)29-12-4-5-15-14(8-12)23-10(2)28-15/h4-5,8,11H,3,6-7,9,22H2,1-2H3,(H,24,25,26)/t11-/m1/s1. The molecule has 1 atom stereocenters. The van der Waals surface area contributed by atoms with Crippen LogP contribution in [0.15, 0.2) is 32.7 Å². The van der Waals surface area contributed by atoms with E-state index in [1.54, 1.807) is 0 Å². The summed E-state index contributed by atoms with van der Waals surface area (Å²) in [6, 6.07) is 6.07. The lowest BCUT2D eigenvalue weighted by Gasteiger charge is -2.18. The molecule has 4 heterocycles. The number of H-pyrrole nitrogens is 1. The van der Waals surface area contributed by atoms with E-state index in [0.717, 1.165) is 64.5 Å². The van der Waals surface area contributed by atoms with Crippen molar-refractivity contribution in [2.45, 2.75) is 42.8 Å². The molecular weight excluding hydrogens is 408 g/mol. The van der Waals surface area contributed by atoms with Crippen LogP contribution in [0.4, 0.5) is 5.82 Å². The molecule has 0 aliphatic carbocycles. The minimum atomic E-state index is 0.150. The molecule has 0 bridgehead atoms. The van der Waals surface area contributed by atoms with Gasteiger partial charge in [0.25, 0.3) is 0 Å². The average molecular weight is 429 g/mol. The number of benzene rings is 1. The summed E-state index contributed by atoms with van der Waals surface area (Å²) in [7, 11) is 0. The van der Waals surface area contributed by atoms with E-state index in [0.29, 0.717) is 16.1 Å². The van der Waals surface area contributed by atoms with Crippen LogP contribution < -0.4 is 10.6 Å². The molecular formula is C20H21ClN6OS. The van der Waals surface area contributed by atoms with E-state index in [4.69, 9.17) is 31.7 Å². The molecule has 7 nitrogen and oxygen atoms in total. The van der Waals surface area contributed by atoms with Gasteiger partial charge in [-0.25, -0.2) is 15.0 Å². The average Bonchev–Trinajstić information content (AvgIpc) is 3.37. The Bertz CT molecular complexity index is 1220. The Morgan fingerprint density at radius 1 is 1.34 bits per heavy atom. The van der Waals surface area contributed by atoms with Crippen LogP contribution in [-0.2, 0) is 6.42 Å². The van der Waals surface area contributed by atoms with Crippen molar-refractivity contribution in [1.29, 1.82) is 0 Å². The Hall–Kier alpha value is -2.29. The summed E-state index contributed by atoms with van der Waals surface area (Å²) in [5, 5.41) is 2.24. The molecule has 0 amide bonds. The second-order valence-electron chi connectivity index (χ2n) is 7.28. The Kier molecular flexibility index (Phi) is 4.64. The topological polar surface area (TPSA) is 96.9 Å². The molecule has 1 saturated heterocycles. The zero-order valence-electron chi connectivity index (χ0n) is 16.2. The molecule has 1 aliphatic rings. The lowest BCUT2D eigenvalue weighted by atomic mass is 10.3. The highest BCUT2D eigenvalue weighted by Gasteiger charge is 2.26. The summed E-state index contributed by atoms with van der Waals surface area (Å²) in [4.78, 5) is 20.6. The van der Waals surface area contributed by atoms with E-state index in [9.17, 15) is 0 Å². The molecule has 0 spiro atoms. The summed E-state index contributed by atoms with van der Waals surface area (Å²) in [6.45, 7) is 5.55. The minimum Gasteiger partial charge on any atom is -0.441 e. The van der Waals surface area contributed by atoms with Crippen LogP contribution in [0.2, 0.25) is 5.02 Å². The van der Waals surface area contributed by atoms with Crippen LogP contribution in [0.25, 0.3) is 22.1 Å². The van der Waals surface area contributed by atoms with Gasteiger partial charge in [-0.05, 0) is 42.8 Å². The number of aromatic nitrogens is 4. The van der Waals surface area contributed by atoms with Gasteiger partial charge in [0, 0.05) is 36.6 Å². The molecule has 9 heteroatoms. The number of aromatic amines is 1. The van der Waals surface area contributed by atoms with E-state index in [1.165, 1.54) is 11.8 Å². The third kappa shape index (κ3) is 3.35. The number of fused-ring (bicyclic) bond motifs is 2. The summed E-state index contributed by atoms with van der Waals surface area (Å²) in [6.07, 6.45) is 1.75. The van der Waals surface area contributed by atoms with E-state index < -0.39 is 0 Å². The van der Waals surface area contributed by atoms with Gasteiger partial charge in [0.2, 0.25) is 0 Å². The number of nitrogens with zero attached hydrogens (tertiary/aromatic N) is 4. The first-order valence-corrected chi connectivity index (χ1v) is 10.8. The summed E-state index contributed by atoms with van der Waals surface area (Å²) < 4.78 is 5.57. The lowest BCUT2D eigenvalue weighted by Crippen LogP contribution is -2.27. The largest absolute Gasteiger partial charge is 0.441 e. The SMILES string of the molecule is CCc1[nH]c2nc(Sc3ccc4oc(C)nc4c3)nc(N3CC[C@@H](N)C3)c2c1Cl. The number of hydrogen-bond donors (Lipinski definition) is 2. The van der Waals surface area contributed by atoms with Crippen LogP contribution in [0.5, 0.6) is 0 Å². The summed E-state index contributed by atoms with van der Waals surface area (Å²) >= 11 is 8.16. The van der Waals surface area contributed by atoms with Crippen molar-refractivity contribution in [3.8, 4) is 0 Å². The predicted octanol–water partition coefficient (Wildman–Crippen LogP) is 4.31. The lowest BCUT2D eigenvalue weighted by molar-refractivity contribution is 0.561. The molecule has 0 radical (unpaired) electrons. The van der Waals surface area contributed by atoms with Crippen LogP contribution in [-0.4, -0.2) is 39.1 Å². The van der Waals surface area contributed by atoms with E-state index >= 15 is 0 Å². The first kappa shape index (κ1) is 18.7. The van der Waals surface area contributed by atoms with Gasteiger partial charge in [-0.15, -0.1) is 0 Å². The highest BCUT2D eigenvalue weighted by molar-refractivity contribution is 7.99. The van der Waals surface area contributed by atoms with Crippen LogP contribution >= 0.6 is 23.4 Å². The summed E-state index contributed by atoms with van der Waals surface area (Å²) in [5.74, 6) is 1.50. The molecule has 0 unspecified atom stereocenters.